The predicted molar refractivity (Wildman–Crippen MR) is 171 cm³/mol. The summed E-state index contributed by atoms with van der Waals surface area (Å²) in [6.45, 7) is 13.5. The van der Waals surface area contributed by atoms with Crippen LogP contribution in [-0.4, -0.2) is 87.6 Å². The Morgan fingerprint density at radius 3 is 2.44 bits per heavy atom. The Hall–Kier alpha value is -2.78. The normalized spacial score (nSPS) is 29.8. The highest BCUT2D eigenvalue weighted by Crippen LogP contribution is 2.69. The van der Waals surface area contributed by atoms with Crippen molar-refractivity contribution in [3.8, 4) is 5.75 Å². The van der Waals surface area contributed by atoms with Gasteiger partial charge in [-0.3, -0.25) is 14.4 Å². The summed E-state index contributed by atoms with van der Waals surface area (Å²) in [5, 5.41) is 9.69. The lowest BCUT2D eigenvalue weighted by Crippen LogP contribution is -2.59. The summed E-state index contributed by atoms with van der Waals surface area (Å²) < 4.78 is 4.91. The molecule has 5 rings (SSSR count). The minimum absolute atomic E-state index is 0.0249. The summed E-state index contributed by atoms with van der Waals surface area (Å²) in [4.78, 5) is 49.1. The second kappa shape index (κ2) is 13.5. The first kappa shape index (κ1) is 31.6. The van der Waals surface area contributed by atoms with Crippen LogP contribution in [0.2, 0.25) is 0 Å². The van der Waals surface area contributed by atoms with Gasteiger partial charge in [-0.1, -0.05) is 38.3 Å². The number of aliphatic hydroxyl groups excluding tert-OH is 1. The molecular formula is C34H47N3O5S. The zero-order valence-corrected chi connectivity index (χ0v) is 26.5. The third kappa shape index (κ3) is 5.52. The number of thioether (sulfide) groups is 1. The van der Waals surface area contributed by atoms with Crippen LogP contribution in [0.25, 0.3) is 0 Å². The lowest BCUT2D eigenvalue weighted by Gasteiger charge is -2.43. The Morgan fingerprint density at radius 1 is 1.12 bits per heavy atom. The van der Waals surface area contributed by atoms with Gasteiger partial charge in [0, 0.05) is 43.2 Å². The van der Waals surface area contributed by atoms with Crippen LogP contribution >= 0.6 is 11.8 Å². The molecule has 1 spiro atoms. The van der Waals surface area contributed by atoms with Gasteiger partial charge in [0.15, 0.2) is 0 Å². The number of carbonyl (C=O) groups is 3. The van der Waals surface area contributed by atoms with E-state index in [1.165, 1.54) is 6.42 Å². The fourth-order valence-corrected chi connectivity index (χ4v) is 10.6. The third-order valence-electron chi connectivity index (χ3n) is 9.98. The van der Waals surface area contributed by atoms with Gasteiger partial charge in [0.05, 0.1) is 23.2 Å². The van der Waals surface area contributed by atoms with E-state index in [1.807, 2.05) is 36.1 Å². The molecule has 1 N–H and O–H groups in total. The van der Waals surface area contributed by atoms with Crippen molar-refractivity contribution in [2.45, 2.75) is 80.9 Å². The zero-order chi connectivity index (χ0) is 30.7. The van der Waals surface area contributed by atoms with E-state index in [1.54, 1.807) is 33.7 Å². The lowest BCUT2D eigenvalue weighted by atomic mass is 9.65. The molecule has 1 aliphatic carbocycles. The molecule has 3 saturated heterocycles. The number of rotatable bonds is 13. The summed E-state index contributed by atoms with van der Waals surface area (Å²) >= 11 is 1.70. The van der Waals surface area contributed by atoms with Gasteiger partial charge in [0.2, 0.25) is 17.7 Å². The molecule has 6 atom stereocenters. The molecule has 0 radical (unpaired) electrons. The van der Waals surface area contributed by atoms with E-state index >= 15 is 0 Å². The topological polar surface area (TPSA) is 90.4 Å². The molecule has 3 aliphatic heterocycles. The first-order valence-corrected chi connectivity index (χ1v) is 16.9. The zero-order valence-electron chi connectivity index (χ0n) is 25.7. The molecule has 2 bridgehead atoms. The molecule has 234 valence electrons. The van der Waals surface area contributed by atoms with Gasteiger partial charge in [-0.15, -0.1) is 24.9 Å². The summed E-state index contributed by atoms with van der Waals surface area (Å²) in [5.74, 6) is -0.574. The quantitative estimate of drug-likeness (QED) is 0.327. The molecule has 9 heteroatoms. The smallest absolute Gasteiger partial charge is 0.247 e. The van der Waals surface area contributed by atoms with Crippen LogP contribution in [0.4, 0.5) is 5.69 Å². The first-order valence-electron chi connectivity index (χ1n) is 16.0. The number of anilines is 1. The molecule has 0 aromatic heterocycles. The van der Waals surface area contributed by atoms with Gasteiger partial charge >= 0.3 is 0 Å². The molecule has 1 saturated carbocycles. The van der Waals surface area contributed by atoms with Crippen LogP contribution in [0, 0.1) is 17.8 Å². The van der Waals surface area contributed by atoms with E-state index in [0.29, 0.717) is 32.7 Å². The number of benzene rings is 1. The molecule has 4 aliphatic rings. The van der Waals surface area contributed by atoms with Crippen molar-refractivity contribution >= 4 is 35.2 Å². The molecule has 43 heavy (non-hydrogen) atoms. The highest BCUT2D eigenvalue weighted by atomic mass is 32.2. The van der Waals surface area contributed by atoms with Gasteiger partial charge in [0.25, 0.3) is 0 Å². The van der Waals surface area contributed by atoms with Gasteiger partial charge in [-0.05, 0) is 62.8 Å². The van der Waals surface area contributed by atoms with E-state index in [4.69, 9.17) is 4.74 Å². The van der Waals surface area contributed by atoms with Crippen molar-refractivity contribution in [1.29, 1.82) is 0 Å². The minimum Gasteiger partial charge on any atom is -0.494 e. The van der Waals surface area contributed by atoms with Crippen LogP contribution < -0.4 is 9.64 Å². The molecule has 1 aromatic rings. The number of amides is 3. The Kier molecular flexibility index (Phi) is 9.91. The summed E-state index contributed by atoms with van der Waals surface area (Å²) in [7, 11) is 0. The maximum absolute atomic E-state index is 14.7. The lowest BCUT2D eigenvalue weighted by molar-refractivity contribution is -0.144. The van der Waals surface area contributed by atoms with Crippen LogP contribution in [-0.2, 0) is 14.4 Å². The summed E-state index contributed by atoms with van der Waals surface area (Å²) in [5.41, 5.74) is 0.730. The molecule has 3 heterocycles. The highest BCUT2D eigenvalue weighted by Gasteiger charge is 2.76. The third-order valence-corrected chi connectivity index (χ3v) is 12.1. The van der Waals surface area contributed by atoms with Crippen molar-refractivity contribution in [3.63, 3.8) is 0 Å². The van der Waals surface area contributed by atoms with Gasteiger partial charge in [0.1, 0.15) is 11.8 Å². The van der Waals surface area contributed by atoms with E-state index in [2.05, 4.69) is 20.1 Å². The van der Waals surface area contributed by atoms with Crippen molar-refractivity contribution in [2.24, 2.45) is 17.8 Å². The van der Waals surface area contributed by atoms with Gasteiger partial charge in [-0.2, -0.15) is 0 Å². The summed E-state index contributed by atoms with van der Waals surface area (Å²) in [6.07, 6.45) is 9.93. The van der Waals surface area contributed by atoms with E-state index < -0.39 is 22.6 Å². The number of nitrogens with zero attached hydrogens (tertiary/aromatic N) is 3. The maximum atomic E-state index is 14.7. The Bertz CT molecular complexity index is 1200. The van der Waals surface area contributed by atoms with Gasteiger partial charge in [-0.25, -0.2) is 0 Å². The summed E-state index contributed by atoms with van der Waals surface area (Å²) in [6, 6.07) is 6.92. The van der Waals surface area contributed by atoms with Crippen molar-refractivity contribution in [2.75, 3.05) is 37.7 Å². The standard InChI is InChI=1S/C34H47N3O5S/c1-5-18-35(25-14-16-26(17-15-25)42-7-3)31(39)28-27-22-23(4)34(43-27)29(28)32(40)37(20-11-21-38)30(34)33(41)36(19-6-2)24-12-9-8-10-13-24/h5-6,14-17,23-24,27-30,38H,1-2,7-13,18-22H2,3-4H3/t23?,27-,28+,29-,30?,34?/m0/s1. The minimum atomic E-state index is -0.693. The number of hydrogen-bond acceptors (Lipinski definition) is 6. The Balaban J connectivity index is 1.52. The van der Waals surface area contributed by atoms with Crippen LogP contribution in [0.15, 0.2) is 49.6 Å². The maximum Gasteiger partial charge on any atom is 0.247 e. The molecule has 3 unspecified atom stereocenters. The van der Waals surface area contributed by atoms with Crippen molar-refractivity contribution in [3.05, 3.63) is 49.6 Å². The second-order valence-corrected chi connectivity index (χ2v) is 13.9. The monoisotopic (exact) mass is 609 g/mol. The average Bonchev–Trinajstić information content (AvgIpc) is 3.61. The molecule has 8 nitrogen and oxygen atoms in total. The van der Waals surface area contributed by atoms with Gasteiger partial charge < -0.3 is 24.5 Å². The van der Waals surface area contributed by atoms with E-state index in [0.717, 1.165) is 43.5 Å². The van der Waals surface area contributed by atoms with Crippen LogP contribution in [0.3, 0.4) is 0 Å². The van der Waals surface area contributed by atoms with Crippen molar-refractivity contribution in [1.82, 2.24) is 9.80 Å². The number of ether oxygens (including phenoxy) is 1. The number of fused-ring (bicyclic) bond motifs is 1. The van der Waals surface area contributed by atoms with Crippen LogP contribution in [0.5, 0.6) is 5.75 Å². The number of hydrogen-bond donors (Lipinski definition) is 1. The Morgan fingerprint density at radius 2 is 1.81 bits per heavy atom. The average molecular weight is 610 g/mol. The van der Waals surface area contributed by atoms with E-state index in [-0.39, 0.29) is 41.5 Å². The highest BCUT2D eigenvalue weighted by molar-refractivity contribution is 8.02. The van der Waals surface area contributed by atoms with Crippen LogP contribution in [0.1, 0.15) is 58.8 Å². The van der Waals surface area contributed by atoms with Crippen molar-refractivity contribution < 1.29 is 24.2 Å². The molecule has 3 amide bonds. The number of likely N-dealkylation sites (tertiary alicyclic amines) is 1. The molecule has 1 aromatic carbocycles. The Labute approximate surface area is 260 Å². The van der Waals surface area contributed by atoms with E-state index in [9.17, 15) is 19.5 Å². The number of aliphatic hydroxyl groups is 1. The number of carbonyl (C=O) groups excluding carboxylic acids is 3. The SMILES string of the molecule is C=CCN(C(=O)[C@@H]1[C@@H]2CC(C)C3(S2)C(C(=O)N(CC=C)C2CCCCC2)N(CCCO)C(=O)[C@H]13)c1ccc(OCC)cc1. The first-order chi connectivity index (χ1) is 20.8. The fraction of sp³-hybridized carbons (Fsp3) is 0.618. The second-order valence-electron chi connectivity index (χ2n) is 12.4. The fourth-order valence-electron chi connectivity index (χ4n) is 8.19. The molecule has 4 fully saturated rings. The largest absolute Gasteiger partial charge is 0.494 e. The predicted octanol–water partition coefficient (Wildman–Crippen LogP) is 4.67. The molecular weight excluding hydrogens is 562 g/mol.